The van der Waals surface area contributed by atoms with Crippen molar-refractivity contribution >= 4 is 23.3 Å². The van der Waals surface area contributed by atoms with Crippen LogP contribution in [-0.4, -0.2) is 64.3 Å². The molecule has 3 aromatic rings. The van der Waals surface area contributed by atoms with Crippen molar-refractivity contribution in [2.45, 2.75) is 13.3 Å². The predicted octanol–water partition coefficient (Wildman–Crippen LogP) is 3.23. The first kappa shape index (κ1) is 21.8. The molecule has 8 nitrogen and oxygen atoms in total. The zero-order chi connectivity index (χ0) is 22.5. The number of hydrogen-bond acceptors (Lipinski definition) is 7. The van der Waals surface area contributed by atoms with Gasteiger partial charge in [0.05, 0.1) is 7.11 Å². The quantitative estimate of drug-likeness (QED) is 0.571. The van der Waals surface area contributed by atoms with E-state index in [1.54, 1.807) is 34.9 Å². The largest absolute Gasteiger partial charge is 0.493 e. The molecular formula is C23H24N4O4S. The number of carbonyl (C=O) groups excluding carboxylic acids is 2. The van der Waals surface area contributed by atoms with Crippen LogP contribution in [0.5, 0.6) is 16.7 Å². The summed E-state index contributed by atoms with van der Waals surface area (Å²) in [7, 11) is 1.53. The molecule has 9 heteroatoms. The molecule has 1 fully saturated rings. The average Bonchev–Trinajstić information content (AvgIpc) is 3.26. The van der Waals surface area contributed by atoms with Gasteiger partial charge in [0.1, 0.15) is 0 Å². The molecule has 0 atom stereocenters. The van der Waals surface area contributed by atoms with E-state index in [9.17, 15) is 9.59 Å². The fraction of sp³-hybridized carbons (Fsp3) is 0.304. The molecule has 4 rings (SSSR count). The van der Waals surface area contributed by atoms with Gasteiger partial charge in [0, 0.05) is 56.6 Å². The van der Waals surface area contributed by atoms with E-state index in [2.05, 4.69) is 9.36 Å². The lowest BCUT2D eigenvalue weighted by molar-refractivity contribution is -0.130. The Kier molecular flexibility index (Phi) is 6.65. The van der Waals surface area contributed by atoms with Crippen molar-refractivity contribution in [1.82, 2.24) is 19.2 Å². The molecule has 0 radical (unpaired) electrons. The summed E-state index contributed by atoms with van der Waals surface area (Å²) in [6, 6.07) is 15.1. The lowest BCUT2D eigenvalue weighted by Crippen LogP contribution is -2.50. The van der Waals surface area contributed by atoms with E-state index in [0.29, 0.717) is 60.7 Å². The highest BCUT2D eigenvalue weighted by Crippen LogP contribution is 2.33. The number of rotatable bonds is 6. The van der Waals surface area contributed by atoms with E-state index < -0.39 is 0 Å². The second kappa shape index (κ2) is 9.78. The summed E-state index contributed by atoms with van der Waals surface area (Å²) >= 11 is 1.17. The first-order valence-corrected chi connectivity index (χ1v) is 11.1. The van der Waals surface area contributed by atoms with Crippen molar-refractivity contribution in [2.24, 2.45) is 0 Å². The second-order valence-electron chi connectivity index (χ2n) is 7.40. The summed E-state index contributed by atoms with van der Waals surface area (Å²) in [5, 5.41) is 0.411. The molecule has 2 heterocycles. The van der Waals surface area contributed by atoms with Crippen molar-refractivity contribution in [3.63, 3.8) is 0 Å². The minimum absolute atomic E-state index is 0.0314. The lowest BCUT2D eigenvalue weighted by Gasteiger charge is -2.34. The number of benzene rings is 2. The highest BCUT2D eigenvalue weighted by molar-refractivity contribution is 7.07. The summed E-state index contributed by atoms with van der Waals surface area (Å²) in [5.41, 5.74) is 1.63. The van der Waals surface area contributed by atoms with Gasteiger partial charge >= 0.3 is 0 Å². The average molecular weight is 453 g/mol. The van der Waals surface area contributed by atoms with Crippen LogP contribution in [0.25, 0.3) is 0 Å². The van der Waals surface area contributed by atoms with Crippen LogP contribution in [-0.2, 0) is 11.2 Å². The molecule has 0 bridgehead atoms. The number of carbonyl (C=O) groups is 2. The van der Waals surface area contributed by atoms with Crippen LogP contribution in [0.4, 0.5) is 0 Å². The molecule has 0 spiro atoms. The zero-order valence-corrected chi connectivity index (χ0v) is 18.8. The van der Waals surface area contributed by atoms with Crippen LogP contribution in [0, 0.1) is 0 Å². The Balaban J connectivity index is 1.43. The van der Waals surface area contributed by atoms with Gasteiger partial charge in [-0.3, -0.25) is 9.59 Å². The molecule has 166 valence electrons. The highest BCUT2D eigenvalue weighted by atomic mass is 32.1. The van der Waals surface area contributed by atoms with E-state index in [0.717, 1.165) is 5.56 Å². The van der Waals surface area contributed by atoms with Crippen molar-refractivity contribution in [1.29, 1.82) is 0 Å². The molecule has 32 heavy (non-hydrogen) atoms. The number of aromatic nitrogens is 2. The Labute approximate surface area is 190 Å². The summed E-state index contributed by atoms with van der Waals surface area (Å²) in [6.45, 7) is 3.65. The summed E-state index contributed by atoms with van der Waals surface area (Å²) in [5.74, 6) is 1.53. The molecule has 1 aromatic heterocycles. The van der Waals surface area contributed by atoms with E-state index in [1.165, 1.54) is 18.6 Å². The van der Waals surface area contributed by atoms with Crippen molar-refractivity contribution in [3.05, 3.63) is 65.5 Å². The molecule has 1 saturated heterocycles. The van der Waals surface area contributed by atoms with Gasteiger partial charge in [0.2, 0.25) is 5.91 Å². The monoisotopic (exact) mass is 452 g/mol. The highest BCUT2D eigenvalue weighted by Gasteiger charge is 2.24. The first-order chi connectivity index (χ1) is 15.5. The molecular weight excluding hydrogens is 428 g/mol. The van der Waals surface area contributed by atoms with E-state index >= 15 is 0 Å². The number of nitrogens with zero attached hydrogens (tertiary/aromatic N) is 4. The Morgan fingerprint density at radius 1 is 1.00 bits per heavy atom. The van der Waals surface area contributed by atoms with Gasteiger partial charge in [-0.05, 0) is 23.8 Å². The minimum Gasteiger partial charge on any atom is -0.493 e. The molecule has 0 unspecified atom stereocenters. The van der Waals surface area contributed by atoms with Crippen LogP contribution in [0.15, 0.2) is 48.5 Å². The van der Waals surface area contributed by atoms with Gasteiger partial charge in [0.15, 0.2) is 17.3 Å². The van der Waals surface area contributed by atoms with Gasteiger partial charge in [0.25, 0.3) is 11.1 Å². The number of amides is 2. The second-order valence-corrected chi connectivity index (χ2v) is 8.12. The van der Waals surface area contributed by atoms with E-state index in [1.807, 2.05) is 30.3 Å². The lowest BCUT2D eigenvalue weighted by atomic mass is 10.1. The standard InChI is InChI=1S/C23H24N4O4S/c1-16(28)26-10-12-27(13-11-26)22(29)18-8-9-19(20(15-18)30-2)31-23-24-21(25-32-23)14-17-6-4-3-5-7-17/h3-9,15H,10-14H2,1-2H3. The molecule has 2 aromatic carbocycles. The zero-order valence-electron chi connectivity index (χ0n) is 18.0. The number of hydrogen-bond donors (Lipinski definition) is 0. The normalized spacial score (nSPS) is 13.7. The van der Waals surface area contributed by atoms with E-state index in [-0.39, 0.29) is 11.8 Å². The van der Waals surface area contributed by atoms with Crippen LogP contribution in [0.3, 0.4) is 0 Å². The maximum Gasteiger partial charge on any atom is 0.298 e. The maximum absolute atomic E-state index is 12.9. The van der Waals surface area contributed by atoms with Crippen LogP contribution < -0.4 is 9.47 Å². The van der Waals surface area contributed by atoms with Crippen molar-refractivity contribution in [3.8, 4) is 16.7 Å². The van der Waals surface area contributed by atoms with Gasteiger partial charge < -0.3 is 19.3 Å². The smallest absolute Gasteiger partial charge is 0.298 e. The van der Waals surface area contributed by atoms with Crippen molar-refractivity contribution in [2.75, 3.05) is 33.3 Å². The third kappa shape index (κ3) is 5.05. The van der Waals surface area contributed by atoms with Crippen LogP contribution >= 0.6 is 11.5 Å². The Hall–Kier alpha value is -3.46. The summed E-state index contributed by atoms with van der Waals surface area (Å²) in [6.07, 6.45) is 0.627. The number of methoxy groups -OCH3 is 1. The molecule has 1 aliphatic rings. The van der Waals surface area contributed by atoms with Crippen LogP contribution in [0.2, 0.25) is 0 Å². The fourth-order valence-corrected chi connectivity index (χ4v) is 4.08. The molecule has 0 N–H and O–H groups in total. The Bertz CT molecular complexity index is 1090. The first-order valence-electron chi connectivity index (χ1n) is 10.3. The van der Waals surface area contributed by atoms with Gasteiger partial charge in [-0.1, -0.05) is 30.3 Å². The van der Waals surface area contributed by atoms with Gasteiger partial charge in [-0.15, -0.1) is 0 Å². The predicted molar refractivity (Wildman–Crippen MR) is 120 cm³/mol. The van der Waals surface area contributed by atoms with Crippen molar-refractivity contribution < 1.29 is 19.1 Å². The molecule has 0 aliphatic carbocycles. The molecule has 1 aliphatic heterocycles. The fourth-order valence-electron chi connectivity index (χ4n) is 3.52. The summed E-state index contributed by atoms with van der Waals surface area (Å²) in [4.78, 5) is 32.3. The maximum atomic E-state index is 12.9. The topological polar surface area (TPSA) is 84.9 Å². The third-order valence-electron chi connectivity index (χ3n) is 5.27. The minimum atomic E-state index is -0.0980. The Morgan fingerprint density at radius 3 is 2.41 bits per heavy atom. The van der Waals surface area contributed by atoms with Gasteiger partial charge in [-0.25, -0.2) is 0 Å². The number of piperazine rings is 1. The Morgan fingerprint density at radius 2 is 1.72 bits per heavy atom. The summed E-state index contributed by atoms with van der Waals surface area (Å²) < 4.78 is 15.7. The van der Waals surface area contributed by atoms with Crippen LogP contribution in [0.1, 0.15) is 28.7 Å². The molecule has 0 saturated carbocycles. The van der Waals surface area contributed by atoms with Gasteiger partial charge in [-0.2, -0.15) is 9.36 Å². The number of ether oxygens (including phenoxy) is 2. The third-order valence-corrected chi connectivity index (χ3v) is 5.91. The van der Waals surface area contributed by atoms with E-state index in [4.69, 9.17) is 9.47 Å². The molecule has 2 amide bonds. The SMILES string of the molecule is COc1cc(C(=O)N2CCN(C(C)=O)CC2)ccc1Oc1nc(Cc2ccccc2)ns1.